The lowest BCUT2D eigenvalue weighted by atomic mass is 10.2. The quantitative estimate of drug-likeness (QED) is 0.727. The maximum atomic E-state index is 11.4. The summed E-state index contributed by atoms with van der Waals surface area (Å²) < 4.78 is 1.40. The van der Waals surface area contributed by atoms with Crippen LogP contribution in [0.2, 0.25) is 0 Å². The van der Waals surface area contributed by atoms with E-state index in [-0.39, 0.29) is 5.56 Å². The second kappa shape index (κ2) is 2.87. The van der Waals surface area contributed by atoms with Gasteiger partial charge in [0.15, 0.2) is 0 Å². The normalized spacial score (nSPS) is 15.8. The molecule has 1 fully saturated rings. The lowest BCUT2D eigenvalue weighted by molar-refractivity contribution is 0.681. The van der Waals surface area contributed by atoms with Crippen molar-refractivity contribution >= 4 is 5.69 Å². The molecule has 0 spiro atoms. The van der Waals surface area contributed by atoms with Crippen LogP contribution < -0.4 is 10.9 Å². The zero-order chi connectivity index (χ0) is 9.42. The van der Waals surface area contributed by atoms with E-state index in [0.717, 1.165) is 5.69 Å². The van der Waals surface area contributed by atoms with E-state index < -0.39 is 0 Å². The molecule has 0 radical (unpaired) electrons. The number of aromatic nitrogens is 2. The highest BCUT2D eigenvalue weighted by Crippen LogP contribution is 2.38. The summed E-state index contributed by atoms with van der Waals surface area (Å²) in [5, 5.41) is 7.09. The molecular weight excluding hydrogens is 166 g/mol. The van der Waals surface area contributed by atoms with Crippen LogP contribution in [0.3, 0.4) is 0 Å². The predicted octanol–water partition coefficient (Wildman–Crippen LogP) is 0.699. The van der Waals surface area contributed by atoms with Gasteiger partial charge in [-0.25, -0.2) is 4.68 Å². The van der Waals surface area contributed by atoms with Crippen LogP contribution in [0.5, 0.6) is 0 Å². The molecule has 1 aromatic heterocycles. The summed E-state index contributed by atoms with van der Waals surface area (Å²) in [4.78, 5) is 11.4. The molecule has 0 saturated heterocycles. The van der Waals surface area contributed by atoms with Crippen molar-refractivity contribution in [2.24, 2.45) is 7.05 Å². The topological polar surface area (TPSA) is 46.9 Å². The number of rotatable bonds is 2. The molecule has 1 aromatic rings. The Bertz CT molecular complexity index is 379. The molecule has 0 bridgehead atoms. The molecule has 1 aliphatic rings. The van der Waals surface area contributed by atoms with Crippen LogP contribution in [0.15, 0.2) is 10.9 Å². The summed E-state index contributed by atoms with van der Waals surface area (Å²) >= 11 is 0. The summed E-state index contributed by atoms with van der Waals surface area (Å²) in [6.07, 6.45) is 2.41. The van der Waals surface area contributed by atoms with Crippen LogP contribution in [0.4, 0.5) is 5.69 Å². The van der Waals surface area contributed by atoms with E-state index in [4.69, 9.17) is 0 Å². The van der Waals surface area contributed by atoms with E-state index in [1.54, 1.807) is 14.1 Å². The Labute approximate surface area is 76.6 Å². The van der Waals surface area contributed by atoms with Crippen LogP contribution in [-0.4, -0.2) is 16.8 Å². The average molecular weight is 179 g/mol. The van der Waals surface area contributed by atoms with Gasteiger partial charge >= 0.3 is 0 Å². The molecule has 1 saturated carbocycles. The van der Waals surface area contributed by atoms with Gasteiger partial charge in [0.05, 0.1) is 5.69 Å². The van der Waals surface area contributed by atoms with Gasteiger partial charge in [0.2, 0.25) is 0 Å². The van der Waals surface area contributed by atoms with Crippen LogP contribution in [0.25, 0.3) is 0 Å². The molecule has 1 heterocycles. The van der Waals surface area contributed by atoms with Crippen LogP contribution >= 0.6 is 0 Å². The molecule has 4 heteroatoms. The van der Waals surface area contributed by atoms with Gasteiger partial charge in [0.1, 0.15) is 5.69 Å². The Morgan fingerprint density at radius 3 is 2.85 bits per heavy atom. The van der Waals surface area contributed by atoms with E-state index in [1.165, 1.54) is 17.5 Å². The molecule has 2 rings (SSSR count). The highest BCUT2D eigenvalue weighted by molar-refractivity contribution is 5.41. The smallest absolute Gasteiger partial charge is 0.289 e. The first-order valence-electron chi connectivity index (χ1n) is 4.48. The minimum absolute atomic E-state index is 0.0631. The van der Waals surface area contributed by atoms with Crippen molar-refractivity contribution in [2.75, 3.05) is 12.4 Å². The molecule has 0 aromatic carbocycles. The Balaban J connectivity index is 2.50. The fourth-order valence-corrected chi connectivity index (χ4v) is 1.39. The van der Waals surface area contributed by atoms with Gasteiger partial charge < -0.3 is 5.32 Å². The Morgan fingerprint density at radius 2 is 2.31 bits per heavy atom. The van der Waals surface area contributed by atoms with Gasteiger partial charge in [0.25, 0.3) is 5.56 Å². The van der Waals surface area contributed by atoms with Gasteiger partial charge in [-0.3, -0.25) is 4.79 Å². The molecule has 1 aliphatic carbocycles. The maximum absolute atomic E-state index is 11.4. The summed E-state index contributed by atoms with van der Waals surface area (Å²) in [5.41, 5.74) is 1.61. The first-order valence-corrected chi connectivity index (χ1v) is 4.48. The fraction of sp³-hybridized carbons (Fsp3) is 0.556. The van der Waals surface area contributed by atoms with E-state index in [0.29, 0.717) is 11.6 Å². The van der Waals surface area contributed by atoms with Gasteiger partial charge in [0, 0.05) is 20.0 Å². The minimum atomic E-state index is -0.0631. The maximum Gasteiger partial charge on any atom is 0.289 e. The summed E-state index contributed by atoms with van der Waals surface area (Å²) in [6, 6.07) is 1.86. The molecule has 0 aliphatic heterocycles. The van der Waals surface area contributed by atoms with Gasteiger partial charge in [-0.1, -0.05) is 0 Å². The Morgan fingerprint density at radius 1 is 1.62 bits per heavy atom. The highest BCUT2D eigenvalue weighted by atomic mass is 16.1. The molecular formula is C9H13N3O. The SMILES string of the molecule is CNc1cc(C2CC2)nn(C)c1=O. The van der Waals surface area contributed by atoms with Gasteiger partial charge in [-0.15, -0.1) is 0 Å². The van der Waals surface area contributed by atoms with Crippen molar-refractivity contribution in [3.8, 4) is 0 Å². The zero-order valence-corrected chi connectivity index (χ0v) is 7.87. The van der Waals surface area contributed by atoms with Crippen molar-refractivity contribution < 1.29 is 0 Å². The largest absolute Gasteiger partial charge is 0.384 e. The Hall–Kier alpha value is -1.32. The molecule has 4 nitrogen and oxygen atoms in total. The molecule has 0 amide bonds. The average Bonchev–Trinajstić information content (AvgIpc) is 2.92. The Kier molecular flexibility index (Phi) is 1.83. The molecule has 0 unspecified atom stereocenters. The molecule has 1 N–H and O–H groups in total. The third kappa shape index (κ3) is 1.43. The molecule has 70 valence electrons. The van der Waals surface area contributed by atoms with Crippen LogP contribution in [0, 0.1) is 0 Å². The first-order chi connectivity index (χ1) is 6.22. The van der Waals surface area contributed by atoms with Crippen molar-refractivity contribution in [1.29, 1.82) is 0 Å². The first kappa shape index (κ1) is 8.29. The second-order valence-electron chi connectivity index (χ2n) is 3.44. The fourth-order valence-electron chi connectivity index (χ4n) is 1.39. The standard InChI is InChI=1S/C9H13N3O/c1-10-8-5-7(6-3-4-6)11-12(2)9(8)13/h5-6,10H,3-4H2,1-2H3. The number of aryl methyl sites for hydroxylation is 1. The molecule has 13 heavy (non-hydrogen) atoms. The number of hydrogen-bond donors (Lipinski definition) is 1. The van der Waals surface area contributed by atoms with Gasteiger partial charge in [-0.05, 0) is 18.9 Å². The van der Waals surface area contributed by atoms with Crippen molar-refractivity contribution in [2.45, 2.75) is 18.8 Å². The lowest BCUT2D eigenvalue weighted by Crippen LogP contribution is -2.23. The number of anilines is 1. The highest BCUT2D eigenvalue weighted by Gasteiger charge is 2.26. The van der Waals surface area contributed by atoms with Crippen LogP contribution in [0.1, 0.15) is 24.5 Å². The summed E-state index contributed by atoms with van der Waals surface area (Å²) in [6.45, 7) is 0. The number of nitrogens with zero attached hydrogens (tertiary/aromatic N) is 2. The van der Waals surface area contributed by atoms with Crippen LogP contribution in [-0.2, 0) is 7.05 Å². The second-order valence-corrected chi connectivity index (χ2v) is 3.44. The van der Waals surface area contributed by atoms with E-state index in [1.807, 2.05) is 6.07 Å². The van der Waals surface area contributed by atoms with E-state index >= 15 is 0 Å². The zero-order valence-electron chi connectivity index (χ0n) is 7.87. The van der Waals surface area contributed by atoms with Crippen molar-refractivity contribution in [3.05, 3.63) is 22.1 Å². The molecule has 0 atom stereocenters. The third-order valence-electron chi connectivity index (χ3n) is 2.35. The minimum Gasteiger partial charge on any atom is -0.384 e. The van der Waals surface area contributed by atoms with E-state index in [2.05, 4.69) is 10.4 Å². The monoisotopic (exact) mass is 179 g/mol. The van der Waals surface area contributed by atoms with Gasteiger partial charge in [-0.2, -0.15) is 5.10 Å². The number of hydrogen-bond acceptors (Lipinski definition) is 3. The van der Waals surface area contributed by atoms with Crippen molar-refractivity contribution in [1.82, 2.24) is 9.78 Å². The van der Waals surface area contributed by atoms with Crippen molar-refractivity contribution in [3.63, 3.8) is 0 Å². The predicted molar refractivity (Wildman–Crippen MR) is 51.0 cm³/mol. The third-order valence-corrected chi connectivity index (χ3v) is 2.35. The summed E-state index contributed by atoms with van der Waals surface area (Å²) in [5.74, 6) is 0.582. The lowest BCUT2D eigenvalue weighted by Gasteiger charge is -2.05. The number of nitrogens with one attached hydrogen (secondary N) is 1. The van der Waals surface area contributed by atoms with E-state index in [9.17, 15) is 4.79 Å². The summed E-state index contributed by atoms with van der Waals surface area (Å²) in [7, 11) is 3.45.